The summed E-state index contributed by atoms with van der Waals surface area (Å²) in [6.45, 7) is 2.15. The van der Waals surface area contributed by atoms with E-state index in [0.717, 1.165) is 30.3 Å². The van der Waals surface area contributed by atoms with Crippen LogP contribution in [0.3, 0.4) is 0 Å². The van der Waals surface area contributed by atoms with Crippen molar-refractivity contribution >= 4 is 12.4 Å². The highest BCUT2D eigenvalue weighted by molar-refractivity contribution is 5.85. The molecule has 0 heterocycles. The fourth-order valence-corrected chi connectivity index (χ4v) is 1.79. The van der Waals surface area contributed by atoms with Gasteiger partial charge in [0.25, 0.3) is 0 Å². The van der Waals surface area contributed by atoms with Gasteiger partial charge in [-0.25, -0.2) is 0 Å². The zero-order valence-electron chi connectivity index (χ0n) is 7.71. The molecule has 1 aromatic carbocycles. The number of aldehydes is 1. The van der Waals surface area contributed by atoms with Crippen molar-refractivity contribution in [1.29, 1.82) is 0 Å². The maximum atomic E-state index is 10.7. The molecule has 0 atom stereocenters. The predicted molar refractivity (Wildman–Crippen MR) is 53.8 cm³/mol. The molecule has 0 amide bonds. The van der Waals surface area contributed by atoms with Crippen LogP contribution in [0.25, 0.3) is 6.08 Å². The van der Waals surface area contributed by atoms with Gasteiger partial charge in [-0.3, -0.25) is 4.79 Å². The number of benzene rings is 1. The van der Waals surface area contributed by atoms with Crippen LogP contribution in [-0.2, 0) is 6.42 Å². The molecule has 0 bridgehead atoms. The minimum absolute atomic E-state index is 0.820. The Morgan fingerprint density at radius 1 is 1.46 bits per heavy atom. The van der Waals surface area contributed by atoms with E-state index in [1.807, 2.05) is 12.1 Å². The van der Waals surface area contributed by atoms with Gasteiger partial charge in [-0.1, -0.05) is 36.8 Å². The van der Waals surface area contributed by atoms with Crippen molar-refractivity contribution in [3.05, 3.63) is 40.5 Å². The number of rotatable bonds is 2. The van der Waals surface area contributed by atoms with Crippen LogP contribution in [0.1, 0.15) is 34.8 Å². The zero-order valence-corrected chi connectivity index (χ0v) is 7.71. The van der Waals surface area contributed by atoms with Gasteiger partial charge in [-0.2, -0.15) is 0 Å². The number of hydrogen-bond donors (Lipinski definition) is 0. The van der Waals surface area contributed by atoms with Crippen molar-refractivity contribution in [2.24, 2.45) is 0 Å². The van der Waals surface area contributed by atoms with Crippen molar-refractivity contribution in [2.45, 2.75) is 19.8 Å². The van der Waals surface area contributed by atoms with E-state index in [-0.39, 0.29) is 0 Å². The van der Waals surface area contributed by atoms with Gasteiger partial charge in [-0.05, 0) is 24.0 Å². The van der Waals surface area contributed by atoms with Gasteiger partial charge in [0.15, 0.2) is 6.29 Å². The van der Waals surface area contributed by atoms with Crippen LogP contribution in [0.4, 0.5) is 0 Å². The Kier molecular flexibility index (Phi) is 2.01. The molecule has 0 aliphatic heterocycles. The lowest BCUT2D eigenvalue weighted by atomic mass is 10.0. The summed E-state index contributed by atoms with van der Waals surface area (Å²) in [6, 6.07) is 5.93. The molecule has 1 aliphatic rings. The van der Waals surface area contributed by atoms with Gasteiger partial charge in [0.05, 0.1) is 0 Å². The van der Waals surface area contributed by atoms with Crippen molar-refractivity contribution < 1.29 is 4.79 Å². The molecule has 66 valence electrons. The van der Waals surface area contributed by atoms with E-state index in [9.17, 15) is 4.79 Å². The third kappa shape index (κ3) is 1.31. The normalized spacial score (nSPS) is 13.8. The molecule has 1 nitrogen and oxygen atoms in total. The lowest BCUT2D eigenvalue weighted by molar-refractivity contribution is 0.112. The summed E-state index contributed by atoms with van der Waals surface area (Å²) in [6.07, 6.45) is 5.19. The Bertz CT molecular complexity index is 375. The number of carbonyl (C=O) groups is 1. The topological polar surface area (TPSA) is 17.1 Å². The second-order valence-electron chi connectivity index (χ2n) is 3.37. The summed E-state index contributed by atoms with van der Waals surface area (Å²) < 4.78 is 0. The average molecular weight is 172 g/mol. The SMILES string of the molecule is CCC1=Cc2c(C=O)cccc2C1. The summed E-state index contributed by atoms with van der Waals surface area (Å²) in [5, 5.41) is 0. The molecule has 0 spiro atoms. The number of carbonyl (C=O) groups excluding carboxylic acids is 1. The Hall–Kier alpha value is -1.37. The number of hydrogen-bond acceptors (Lipinski definition) is 1. The largest absolute Gasteiger partial charge is 0.298 e. The minimum atomic E-state index is 0.820. The second-order valence-corrected chi connectivity index (χ2v) is 3.37. The van der Waals surface area contributed by atoms with E-state index < -0.39 is 0 Å². The van der Waals surface area contributed by atoms with Crippen LogP contribution in [0.2, 0.25) is 0 Å². The van der Waals surface area contributed by atoms with Crippen LogP contribution < -0.4 is 0 Å². The zero-order chi connectivity index (χ0) is 9.26. The van der Waals surface area contributed by atoms with E-state index in [4.69, 9.17) is 0 Å². The van der Waals surface area contributed by atoms with Crippen LogP contribution in [0.5, 0.6) is 0 Å². The predicted octanol–water partition coefficient (Wildman–Crippen LogP) is 2.85. The molecule has 0 saturated heterocycles. The van der Waals surface area contributed by atoms with E-state index in [2.05, 4.69) is 19.1 Å². The van der Waals surface area contributed by atoms with Crippen LogP contribution in [-0.4, -0.2) is 6.29 Å². The van der Waals surface area contributed by atoms with Gasteiger partial charge in [0.2, 0.25) is 0 Å². The van der Waals surface area contributed by atoms with Gasteiger partial charge >= 0.3 is 0 Å². The molecular weight excluding hydrogens is 160 g/mol. The summed E-state index contributed by atoms with van der Waals surface area (Å²) in [5.74, 6) is 0. The molecule has 0 saturated carbocycles. The van der Waals surface area contributed by atoms with Crippen molar-refractivity contribution in [3.63, 3.8) is 0 Å². The van der Waals surface area contributed by atoms with Crippen LogP contribution in [0.15, 0.2) is 23.8 Å². The first-order valence-corrected chi connectivity index (χ1v) is 4.61. The van der Waals surface area contributed by atoms with Gasteiger partial charge in [0.1, 0.15) is 0 Å². The lowest BCUT2D eigenvalue weighted by Gasteiger charge is -1.99. The molecule has 1 aliphatic carbocycles. The van der Waals surface area contributed by atoms with E-state index >= 15 is 0 Å². The Labute approximate surface area is 78.1 Å². The van der Waals surface area contributed by atoms with E-state index in [1.165, 1.54) is 11.1 Å². The second kappa shape index (κ2) is 3.17. The summed E-state index contributed by atoms with van der Waals surface area (Å²) in [7, 11) is 0. The highest BCUT2D eigenvalue weighted by atomic mass is 16.1. The minimum Gasteiger partial charge on any atom is -0.298 e. The van der Waals surface area contributed by atoms with Crippen LogP contribution in [0, 0.1) is 0 Å². The standard InChI is InChI=1S/C12H12O/c1-2-9-6-10-4-3-5-11(8-13)12(10)7-9/h3-5,7-8H,2,6H2,1H3. The molecule has 2 rings (SSSR count). The van der Waals surface area contributed by atoms with Gasteiger partial charge < -0.3 is 0 Å². The number of fused-ring (bicyclic) bond motifs is 1. The van der Waals surface area contributed by atoms with Crippen molar-refractivity contribution in [2.75, 3.05) is 0 Å². The summed E-state index contributed by atoms with van der Waals surface area (Å²) in [4.78, 5) is 10.7. The summed E-state index contributed by atoms with van der Waals surface area (Å²) >= 11 is 0. The molecule has 0 fully saturated rings. The molecule has 1 aromatic rings. The average Bonchev–Trinajstić information content (AvgIpc) is 2.59. The van der Waals surface area contributed by atoms with Gasteiger partial charge in [0, 0.05) is 5.56 Å². The number of allylic oxidation sites excluding steroid dienone is 1. The maximum Gasteiger partial charge on any atom is 0.150 e. The quantitative estimate of drug-likeness (QED) is 0.627. The van der Waals surface area contributed by atoms with E-state index in [1.54, 1.807) is 0 Å². The molecule has 0 aromatic heterocycles. The molecule has 0 radical (unpaired) electrons. The summed E-state index contributed by atoms with van der Waals surface area (Å²) in [5.41, 5.74) is 4.67. The monoisotopic (exact) mass is 172 g/mol. The Morgan fingerprint density at radius 2 is 2.31 bits per heavy atom. The van der Waals surface area contributed by atoms with Crippen LogP contribution >= 0.6 is 0 Å². The molecule has 13 heavy (non-hydrogen) atoms. The van der Waals surface area contributed by atoms with Crippen molar-refractivity contribution in [3.8, 4) is 0 Å². The third-order valence-corrected chi connectivity index (χ3v) is 2.58. The molecular formula is C12H12O. The Morgan fingerprint density at radius 3 is 3.00 bits per heavy atom. The molecule has 0 N–H and O–H groups in total. The molecule has 0 unspecified atom stereocenters. The lowest BCUT2D eigenvalue weighted by Crippen LogP contribution is -1.88. The first-order valence-electron chi connectivity index (χ1n) is 4.61. The first kappa shape index (κ1) is 8.24. The highest BCUT2D eigenvalue weighted by Crippen LogP contribution is 2.28. The van der Waals surface area contributed by atoms with E-state index in [0.29, 0.717) is 0 Å². The third-order valence-electron chi connectivity index (χ3n) is 2.58. The Balaban J connectivity index is 2.51. The highest BCUT2D eigenvalue weighted by Gasteiger charge is 2.13. The smallest absolute Gasteiger partial charge is 0.150 e. The first-order chi connectivity index (χ1) is 6.35. The van der Waals surface area contributed by atoms with Crippen molar-refractivity contribution in [1.82, 2.24) is 0 Å². The fraction of sp³-hybridized carbons (Fsp3) is 0.250. The van der Waals surface area contributed by atoms with Gasteiger partial charge in [-0.15, -0.1) is 0 Å². The molecule has 1 heteroatoms. The maximum absolute atomic E-state index is 10.7. The fourth-order valence-electron chi connectivity index (χ4n) is 1.79.